The van der Waals surface area contributed by atoms with Crippen LogP contribution in [0.15, 0.2) is 67.0 Å². The standard InChI is InChI=1S/C44H60FN6O7P/c1-3-5-6-7-8-9-10-11-12-13-14-15-16-17-24-29-55-42(53)36(30-34-25-20-18-21-26-34)50-59(54,58-35-27-22-19-23-28-35)56-32-44(4-2)37(52)31-38(57-44)51-33-47-39-40(46)48-43(45)49-41(39)51/h2,18-23,25-28,33,36-38,52H,3,5-17,24,29-32H2,1H3,(H,50,54)(H2,46,48,49)/t36-,37-,38+,44+,59+/m0/s1. The molecule has 0 aliphatic carbocycles. The Morgan fingerprint density at radius 2 is 1.58 bits per heavy atom. The maximum atomic E-state index is 14.7. The van der Waals surface area contributed by atoms with Crippen molar-refractivity contribution in [3.05, 3.63) is 78.6 Å². The van der Waals surface area contributed by atoms with Gasteiger partial charge in [0.05, 0.1) is 12.9 Å². The van der Waals surface area contributed by atoms with Crippen LogP contribution in [-0.4, -0.2) is 61.6 Å². The SMILES string of the molecule is C#C[C@]1(CO[P@](=O)(N[C@@H](Cc2ccccc2)C(=O)OCCCCCCCCCCCCCCCCC)Oc2ccccc2)O[C@@H](n2cnc3c(N)nc(F)nc32)C[C@@H]1O. The normalized spacial score (nSPS) is 19.3. The number of fused-ring (bicyclic) bond motifs is 1. The minimum atomic E-state index is -4.47. The average Bonchev–Trinajstić information content (AvgIpc) is 3.81. The van der Waals surface area contributed by atoms with Crippen molar-refractivity contribution in [2.45, 2.75) is 140 Å². The molecule has 1 saturated heterocycles. The lowest BCUT2D eigenvalue weighted by atomic mass is 9.99. The maximum Gasteiger partial charge on any atom is 0.459 e. The third-order valence-electron chi connectivity index (χ3n) is 10.6. The summed E-state index contributed by atoms with van der Waals surface area (Å²) < 4.78 is 54.1. The number of nitrogens with zero attached hydrogens (tertiary/aromatic N) is 4. The maximum absolute atomic E-state index is 14.7. The first-order valence-electron chi connectivity index (χ1n) is 21.1. The van der Waals surface area contributed by atoms with E-state index in [0.717, 1.165) is 24.8 Å². The number of terminal acetylenes is 1. The summed E-state index contributed by atoms with van der Waals surface area (Å²) in [6.07, 6.45) is 22.3. The molecule has 1 aliphatic heterocycles. The Kier molecular flexibility index (Phi) is 18.1. The van der Waals surface area contributed by atoms with E-state index in [1.807, 2.05) is 30.3 Å². The number of nitrogen functional groups attached to an aromatic ring is 1. The number of aliphatic hydroxyl groups excluding tert-OH is 1. The molecular formula is C44H60FN6O7P. The quantitative estimate of drug-likeness (QED) is 0.0171. The molecule has 4 N–H and O–H groups in total. The van der Waals surface area contributed by atoms with Crippen molar-refractivity contribution in [3.8, 4) is 18.1 Å². The summed E-state index contributed by atoms with van der Waals surface area (Å²) in [6, 6.07) is 16.4. The summed E-state index contributed by atoms with van der Waals surface area (Å²) >= 11 is 0. The zero-order valence-electron chi connectivity index (χ0n) is 34.2. The number of imidazole rings is 1. The Labute approximate surface area is 347 Å². The highest BCUT2D eigenvalue weighted by atomic mass is 31.2. The highest BCUT2D eigenvalue weighted by Gasteiger charge is 2.50. The van der Waals surface area contributed by atoms with Gasteiger partial charge in [0.1, 0.15) is 30.7 Å². The van der Waals surface area contributed by atoms with E-state index < -0.39 is 50.4 Å². The van der Waals surface area contributed by atoms with E-state index in [4.69, 9.17) is 30.7 Å². The number of hydrogen-bond donors (Lipinski definition) is 3. The largest absolute Gasteiger partial charge is 0.465 e. The van der Waals surface area contributed by atoms with Gasteiger partial charge in [0.2, 0.25) is 0 Å². The molecule has 15 heteroatoms. The number of rotatable bonds is 27. The van der Waals surface area contributed by atoms with Crippen LogP contribution in [0.2, 0.25) is 0 Å². The van der Waals surface area contributed by atoms with Gasteiger partial charge in [0, 0.05) is 6.42 Å². The molecule has 5 rings (SSSR count). The van der Waals surface area contributed by atoms with E-state index in [9.17, 15) is 18.9 Å². The molecule has 59 heavy (non-hydrogen) atoms. The van der Waals surface area contributed by atoms with Gasteiger partial charge in [-0.2, -0.15) is 19.4 Å². The van der Waals surface area contributed by atoms with Gasteiger partial charge < -0.3 is 24.8 Å². The van der Waals surface area contributed by atoms with Crippen LogP contribution in [0.1, 0.15) is 121 Å². The predicted molar refractivity (Wildman–Crippen MR) is 226 cm³/mol. The van der Waals surface area contributed by atoms with Crippen LogP contribution in [0.25, 0.3) is 11.2 Å². The number of carbonyl (C=O) groups excluding carboxylic acids is 1. The average molecular weight is 835 g/mol. The molecule has 4 aromatic rings. The molecule has 1 fully saturated rings. The number of hydrogen-bond acceptors (Lipinski definition) is 11. The van der Waals surface area contributed by atoms with Gasteiger partial charge in [-0.1, -0.05) is 151 Å². The van der Waals surface area contributed by atoms with Gasteiger partial charge in [-0.25, -0.2) is 9.55 Å². The first-order valence-corrected chi connectivity index (χ1v) is 22.7. The Morgan fingerprint density at radius 3 is 2.19 bits per heavy atom. The summed E-state index contributed by atoms with van der Waals surface area (Å²) in [5.41, 5.74) is 4.94. The van der Waals surface area contributed by atoms with Gasteiger partial charge in [0.25, 0.3) is 0 Å². The fourth-order valence-corrected chi connectivity index (χ4v) is 8.72. The van der Waals surface area contributed by atoms with Crippen molar-refractivity contribution in [2.24, 2.45) is 0 Å². The fourth-order valence-electron chi connectivity index (χ4n) is 7.20. The topological polar surface area (TPSA) is 173 Å². The number of nitrogens with one attached hydrogen (secondary N) is 1. The zero-order chi connectivity index (χ0) is 41.9. The number of aromatic nitrogens is 4. The van der Waals surface area contributed by atoms with Crippen molar-refractivity contribution in [1.29, 1.82) is 0 Å². The van der Waals surface area contributed by atoms with Gasteiger partial charge in [-0.3, -0.25) is 13.9 Å². The van der Waals surface area contributed by atoms with E-state index in [1.54, 1.807) is 30.3 Å². The highest BCUT2D eigenvalue weighted by Crippen LogP contribution is 2.48. The summed E-state index contributed by atoms with van der Waals surface area (Å²) in [4.78, 5) is 25.2. The van der Waals surface area contributed by atoms with Crippen LogP contribution >= 0.6 is 7.75 Å². The number of aliphatic hydroxyl groups is 1. The molecule has 0 spiro atoms. The molecule has 0 bridgehead atoms. The smallest absolute Gasteiger partial charge is 0.459 e. The number of unbranched alkanes of at least 4 members (excludes halogenated alkanes) is 14. The molecule has 320 valence electrons. The fraction of sp³-hybridized carbons (Fsp3) is 0.545. The Hall–Kier alpha value is -4.38. The van der Waals surface area contributed by atoms with Gasteiger partial charge >= 0.3 is 19.8 Å². The Morgan fingerprint density at radius 1 is 0.983 bits per heavy atom. The molecule has 0 amide bonds. The molecule has 0 radical (unpaired) electrons. The van der Waals surface area contributed by atoms with Crippen LogP contribution in [0.5, 0.6) is 5.75 Å². The summed E-state index contributed by atoms with van der Waals surface area (Å²) in [6.45, 7) is 1.84. The number of carbonyl (C=O) groups is 1. The second-order valence-electron chi connectivity index (χ2n) is 15.2. The first kappa shape index (κ1) is 45.7. The van der Waals surface area contributed by atoms with E-state index in [-0.39, 0.29) is 42.2 Å². The number of esters is 1. The summed E-state index contributed by atoms with van der Waals surface area (Å²) in [5, 5.41) is 14.1. The minimum Gasteiger partial charge on any atom is -0.465 e. The lowest BCUT2D eigenvalue weighted by Gasteiger charge is -2.30. The van der Waals surface area contributed by atoms with Crippen LogP contribution in [-0.2, 0) is 29.8 Å². The van der Waals surface area contributed by atoms with Crippen molar-refractivity contribution in [1.82, 2.24) is 24.6 Å². The molecule has 2 aromatic carbocycles. The van der Waals surface area contributed by atoms with Crippen LogP contribution < -0.4 is 15.3 Å². The second-order valence-corrected chi connectivity index (χ2v) is 16.9. The second kappa shape index (κ2) is 23.4. The number of benzene rings is 2. The van der Waals surface area contributed by atoms with Crippen LogP contribution in [0, 0.1) is 18.4 Å². The Balaban J connectivity index is 1.18. The van der Waals surface area contributed by atoms with Gasteiger partial charge in [-0.05, 0) is 30.5 Å². The number of ether oxygens (including phenoxy) is 2. The number of para-hydroxylation sites is 1. The molecular weight excluding hydrogens is 774 g/mol. The van der Waals surface area contributed by atoms with Gasteiger partial charge in [-0.15, -0.1) is 6.42 Å². The number of nitrogens with two attached hydrogens (primary N) is 1. The molecule has 13 nitrogen and oxygen atoms in total. The van der Waals surface area contributed by atoms with Crippen molar-refractivity contribution in [2.75, 3.05) is 18.9 Å². The number of anilines is 1. The molecule has 0 saturated carbocycles. The molecule has 5 atom stereocenters. The van der Waals surface area contributed by atoms with E-state index in [1.165, 1.54) is 81.5 Å². The molecule has 3 heterocycles. The number of halogens is 1. The zero-order valence-corrected chi connectivity index (χ0v) is 35.1. The van der Waals surface area contributed by atoms with Gasteiger partial charge in [0.15, 0.2) is 22.6 Å². The first-order chi connectivity index (χ1) is 28.6. The van der Waals surface area contributed by atoms with Crippen LogP contribution in [0.3, 0.4) is 0 Å². The van der Waals surface area contributed by atoms with Crippen molar-refractivity contribution < 1.29 is 37.4 Å². The van der Waals surface area contributed by atoms with Crippen molar-refractivity contribution >= 4 is 30.7 Å². The minimum absolute atomic E-state index is 0.0345. The monoisotopic (exact) mass is 834 g/mol. The third-order valence-corrected chi connectivity index (χ3v) is 12.1. The summed E-state index contributed by atoms with van der Waals surface area (Å²) in [5.74, 6) is 1.86. The van der Waals surface area contributed by atoms with Crippen molar-refractivity contribution in [3.63, 3.8) is 0 Å². The predicted octanol–water partition coefficient (Wildman–Crippen LogP) is 9.02. The molecule has 1 aliphatic rings. The van der Waals surface area contributed by atoms with E-state index >= 15 is 0 Å². The van der Waals surface area contributed by atoms with E-state index in [2.05, 4.69) is 32.9 Å². The van der Waals surface area contributed by atoms with E-state index in [0.29, 0.717) is 6.42 Å². The molecule has 0 unspecified atom stereocenters. The lowest BCUT2D eigenvalue weighted by Crippen LogP contribution is -2.44. The lowest BCUT2D eigenvalue weighted by molar-refractivity contribution is -0.146. The third kappa shape index (κ3) is 13.8. The molecule has 2 aromatic heterocycles. The Bertz CT molecular complexity index is 1970. The summed E-state index contributed by atoms with van der Waals surface area (Å²) in [7, 11) is -4.47. The highest BCUT2D eigenvalue weighted by molar-refractivity contribution is 7.52. The van der Waals surface area contributed by atoms with Crippen LogP contribution in [0.4, 0.5) is 10.2 Å².